The van der Waals surface area contributed by atoms with Crippen molar-refractivity contribution in [3.8, 4) is 0 Å². The molecule has 1 heterocycles. The molecule has 1 rings (SSSR count). The van der Waals surface area contributed by atoms with E-state index in [-0.39, 0.29) is 5.97 Å². The van der Waals surface area contributed by atoms with Crippen LogP contribution in [0, 0.1) is 5.92 Å². The molecule has 74 valence electrons. The molecule has 3 nitrogen and oxygen atoms in total. The average molecular weight is 183 g/mol. The van der Waals surface area contributed by atoms with E-state index in [1.54, 1.807) is 0 Å². The first kappa shape index (κ1) is 10.3. The minimum absolute atomic E-state index is 0.170. The molecule has 0 aromatic carbocycles. The second-order valence-corrected chi connectivity index (χ2v) is 3.63. The zero-order chi connectivity index (χ0) is 9.90. The van der Waals surface area contributed by atoms with Crippen LogP contribution in [0.5, 0.6) is 0 Å². The number of hydrogen-bond donors (Lipinski definition) is 1. The Balaban J connectivity index is 2.74. The Morgan fingerprint density at radius 2 is 2.54 bits per heavy atom. The lowest BCUT2D eigenvalue weighted by molar-refractivity contribution is -0.148. The summed E-state index contributed by atoms with van der Waals surface area (Å²) in [6, 6.07) is 0. The van der Waals surface area contributed by atoms with E-state index in [0.29, 0.717) is 5.92 Å². The maximum Gasteiger partial charge on any atom is 0.326 e. The molecule has 1 unspecified atom stereocenters. The summed E-state index contributed by atoms with van der Waals surface area (Å²) in [7, 11) is 1.43. The number of ether oxygens (including phenoxy) is 1. The van der Waals surface area contributed by atoms with Crippen molar-refractivity contribution in [1.29, 1.82) is 0 Å². The van der Waals surface area contributed by atoms with Gasteiger partial charge in [-0.15, -0.1) is 6.58 Å². The first-order valence-electron chi connectivity index (χ1n) is 4.59. The highest BCUT2D eigenvalue weighted by Crippen LogP contribution is 2.30. The van der Waals surface area contributed by atoms with E-state index < -0.39 is 5.54 Å². The van der Waals surface area contributed by atoms with E-state index in [9.17, 15) is 4.79 Å². The molecular formula is C10H17NO2. The van der Waals surface area contributed by atoms with Crippen molar-refractivity contribution in [2.24, 2.45) is 5.92 Å². The van der Waals surface area contributed by atoms with Crippen molar-refractivity contribution < 1.29 is 9.53 Å². The molecule has 0 bridgehead atoms. The second kappa shape index (κ2) is 3.92. The Kier molecular flexibility index (Phi) is 3.09. The van der Waals surface area contributed by atoms with E-state index in [0.717, 1.165) is 19.4 Å². The predicted octanol–water partition coefficient (Wildman–Crippen LogP) is 1.10. The maximum atomic E-state index is 11.5. The van der Waals surface area contributed by atoms with Crippen LogP contribution in [0.2, 0.25) is 0 Å². The summed E-state index contributed by atoms with van der Waals surface area (Å²) >= 11 is 0. The zero-order valence-corrected chi connectivity index (χ0v) is 8.30. The van der Waals surface area contributed by atoms with Crippen molar-refractivity contribution in [2.75, 3.05) is 13.7 Å². The van der Waals surface area contributed by atoms with Gasteiger partial charge in [0.05, 0.1) is 7.11 Å². The maximum absolute atomic E-state index is 11.5. The van der Waals surface area contributed by atoms with Crippen molar-refractivity contribution >= 4 is 5.97 Å². The number of esters is 1. The Bertz CT molecular complexity index is 215. The first-order valence-corrected chi connectivity index (χ1v) is 4.59. The van der Waals surface area contributed by atoms with Crippen molar-refractivity contribution in [3.63, 3.8) is 0 Å². The van der Waals surface area contributed by atoms with Crippen LogP contribution in [-0.2, 0) is 9.53 Å². The molecule has 0 aliphatic carbocycles. The number of rotatable bonds is 3. The van der Waals surface area contributed by atoms with Crippen LogP contribution < -0.4 is 5.32 Å². The van der Waals surface area contributed by atoms with Gasteiger partial charge in [0.25, 0.3) is 0 Å². The molecule has 0 spiro atoms. The summed E-state index contributed by atoms with van der Waals surface area (Å²) in [6.45, 7) is 6.48. The smallest absolute Gasteiger partial charge is 0.326 e. The quantitative estimate of drug-likeness (QED) is 0.526. The summed E-state index contributed by atoms with van der Waals surface area (Å²) in [5.74, 6) is 0.148. The first-order chi connectivity index (χ1) is 6.15. The van der Waals surface area contributed by atoms with Gasteiger partial charge in [0.2, 0.25) is 0 Å². The summed E-state index contributed by atoms with van der Waals surface area (Å²) in [5, 5.41) is 3.20. The fourth-order valence-electron chi connectivity index (χ4n) is 1.94. The van der Waals surface area contributed by atoms with Gasteiger partial charge in [-0.1, -0.05) is 6.08 Å². The van der Waals surface area contributed by atoms with Crippen molar-refractivity contribution in [1.82, 2.24) is 5.32 Å². The van der Waals surface area contributed by atoms with Crippen molar-refractivity contribution in [2.45, 2.75) is 25.3 Å². The lowest BCUT2D eigenvalue weighted by Crippen LogP contribution is -2.49. The van der Waals surface area contributed by atoms with Crippen LogP contribution in [0.25, 0.3) is 0 Å². The molecule has 1 saturated heterocycles. The van der Waals surface area contributed by atoms with Gasteiger partial charge in [0.15, 0.2) is 0 Å². The third-order valence-corrected chi connectivity index (χ3v) is 2.86. The summed E-state index contributed by atoms with van der Waals surface area (Å²) in [6.07, 6.45) is 3.73. The fraction of sp³-hybridized carbons (Fsp3) is 0.700. The third kappa shape index (κ3) is 1.75. The SMILES string of the molecule is C=CC[C@@H]1CCNC1(C)C(=O)OC. The van der Waals surface area contributed by atoms with Crippen LogP contribution in [0.4, 0.5) is 0 Å². The van der Waals surface area contributed by atoms with Crippen LogP contribution in [0.3, 0.4) is 0 Å². The molecule has 13 heavy (non-hydrogen) atoms. The molecule has 0 radical (unpaired) electrons. The molecule has 0 aromatic rings. The van der Waals surface area contributed by atoms with E-state index in [2.05, 4.69) is 11.9 Å². The van der Waals surface area contributed by atoms with Gasteiger partial charge in [0.1, 0.15) is 5.54 Å². The van der Waals surface area contributed by atoms with Crippen molar-refractivity contribution in [3.05, 3.63) is 12.7 Å². The largest absolute Gasteiger partial charge is 0.468 e. The van der Waals surface area contributed by atoms with E-state index >= 15 is 0 Å². The summed E-state index contributed by atoms with van der Waals surface area (Å²) < 4.78 is 4.78. The average Bonchev–Trinajstić information content (AvgIpc) is 2.49. The normalized spacial score (nSPS) is 32.9. The highest BCUT2D eigenvalue weighted by molar-refractivity contribution is 5.81. The van der Waals surface area contributed by atoms with E-state index in [4.69, 9.17) is 4.74 Å². The fourth-order valence-corrected chi connectivity index (χ4v) is 1.94. The third-order valence-electron chi connectivity index (χ3n) is 2.86. The number of allylic oxidation sites excluding steroid dienone is 1. The van der Waals surface area contributed by atoms with Gasteiger partial charge >= 0.3 is 5.97 Å². The Morgan fingerprint density at radius 3 is 3.08 bits per heavy atom. The number of carbonyl (C=O) groups is 1. The molecule has 3 heteroatoms. The minimum Gasteiger partial charge on any atom is -0.468 e. The standard InChI is InChI=1S/C10H17NO2/c1-4-5-8-6-7-11-10(8,2)9(12)13-3/h4,8,11H,1,5-7H2,2-3H3/t8-,10?/m1/s1. The molecule has 1 aliphatic heterocycles. The highest BCUT2D eigenvalue weighted by Gasteiger charge is 2.44. The predicted molar refractivity (Wildman–Crippen MR) is 51.3 cm³/mol. The Morgan fingerprint density at radius 1 is 1.85 bits per heavy atom. The number of nitrogens with one attached hydrogen (secondary N) is 1. The van der Waals surface area contributed by atoms with Gasteiger partial charge in [0, 0.05) is 0 Å². The van der Waals surface area contributed by atoms with Gasteiger partial charge < -0.3 is 10.1 Å². The molecule has 0 saturated carbocycles. The van der Waals surface area contributed by atoms with Crippen LogP contribution >= 0.6 is 0 Å². The van der Waals surface area contributed by atoms with Crippen LogP contribution in [0.1, 0.15) is 19.8 Å². The lowest BCUT2D eigenvalue weighted by atomic mass is 9.85. The summed E-state index contributed by atoms with van der Waals surface area (Å²) in [4.78, 5) is 11.5. The molecule has 1 fully saturated rings. The monoisotopic (exact) mass is 183 g/mol. The Hall–Kier alpha value is -0.830. The van der Waals surface area contributed by atoms with E-state index in [1.165, 1.54) is 7.11 Å². The minimum atomic E-state index is -0.511. The Labute approximate surface area is 79.2 Å². The van der Waals surface area contributed by atoms with Crippen LogP contribution in [-0.4, -0.2) is 25.2 Å². The zero-order valence-electron chi connectivity index (χ0n) is 8.30. The second-order valence-electron chi connectivity index (χ2n) is 3.63. The van der Waals surface area contributed by atoms with E-state index in [1.807, 2.05) is 13.0 Å². The number of carbonyl (C=O) groups excluding carboxylic acids is 1. The molecule has 0 amide bonds. The molecule has 0 aromatic heterocycles. The molecule has 2 atom stereocenters. The molecular weight excluding hydrogens is 166 g/mol. The summed E-state index contributed by atoms with van der Waals surface area (Å²) in [5.41, 5.74) is -0.511. The molecule has 1 N–H and O–H groups in total. The van der Waals surface area contributed by atoms with Gasteiger partial charge in [-0.3, -0.25) is 4.79 Å². The van der Waals surface area contributed by atoms with Gasteiger partial charge in [-0.05, 0) is 32.2 Å². The van der Waals surface area contributed by atoms with Gasteiger partial charge in [-0.25, -0.2) is 0 Å². The number of methoxy groups -OCH3 is 1. The van der Waals surface area contributed by atoms with Gasteiger partial charge in [-0.2, -0.15) is 0 Å². The lowest BCUT2D eigenvalue weighted by Gasteiger charge is -2.27. The topological polar surface area (TPSA) is 38.3 Å². The number of hydrogen-bond acceptors (Lipinski definition) is 3. The molecule has 1 aliphatic rings. The highest BCUT2D eigenvalue weighted by atomic mass is 16.5. The van der Waals surface area contributed by atoms with Crippen LogP contribution in [0.15, 0.2) is 12.7 Å².